The minimum absolute atomic E-state index is 0.472. The van der Waals surface area contributed by atoms with Crippen molar-refractivity contribution >= 4 is 23.2 Å². The van der Waals surface area contributed by atoms with Gasteiger partial charge in [-0.15, -0.1) is 0 Å². The Bertz CT molecular complexity index is 582. The molecule has 3 nitrogen and oxygen atoms in total. The number of hydrogen-bond acceptors (Lipinski definition) is 3. The van der Waals surface area contributed by atoms with Gasteiger partial charge in [0.1, 0.15) is 0 Å². The molecule has 22 heavy (non-hydrogen) atoms. The van der Waals surface area contributed by atoms with Gasteiger partial charge in [0.05, 0.1) is 29.9 Å². The van der Waals surface area contributed by atoms with E-state index in [4.69, 9.17) is 37.4 Å². The molecule has 0 spiro atoms. The van der Waals surface area contributed by atoms with Gasteiger partial charge in [0.25, 0.3) is 0 Å². The molecule has 0 aliphatic heterocycles. The summed E-state index contributed by atoms with van der Waals surface area (Å²) in [5.41, 5.74) is 0. The standard InChI is InChI=1S/C17H18Cl2O3/c1-2-20-15-9-3-4-10-16(15)21-11-6-12-22-17-13(18)7-5-8-14(17)19/h3-5,7-10H,2,6,11-12H2,1H3. The Hall–Kier alpha value is -1.58. The van der Waals surface area contributed by atoms with Crippen LogP contribution in [0.4, 0.5) is 0 Å². The molecular formula is C17H18Cl2O3. The van der Waals surface area contributed by atoms with Crippen LogP contribution >= 0.6 is 23.2 Å². The Labute approximate surface area is 140 Å². The Morgan fingerprint density at radius 3 is 2.00 bits per heavy atom. The van der Waals surface area contributed by atoms with Crippen LogP contribution < -0.4 is 14.2 Å². The summed E-state index contributed by atoms with van der Waals surface area (Å²) in [6.45, 7) is 3.54. The van der Waals surface area contributed by atoms with E-state index < -0.39 is 0 Å². The molecule has 0 aliphatic rings. The Morgan fingerprint density at radius 2 is 1.36 bits per heavy atom. The summed E-state index contributed by atoms with van der Waals surface area (Å²) in [5, 5.41) is 1.02. The fraction of sp³-hybridized carbons (Fsp3) is 0.294. The largest absolute Gasteiger partial charge is 0.490 e. The van der Waals surface area contributed by atoms with Crippen molar-refractivity contribution in [2.45, 2.75) is 13.3 Å². The number of rotatable bonds is 8. The molecule has 0 fully saturated rings. The van der Waals surface area contributed by atoms with Crippen LogP contribution in [-0.4, -0.2) is 19.8 Å². The molecule has 2 rings (SSSR count). The van der Waals surface area contributed by atoms with Gasteiger partial charge in [0.15, 0.2) is 17.2 Å². The third-order valence-corrected chi connectivity index (χ3v) is 3.46. The van der Waals surface area contributed by atoms with Crippen LogP contribution in [0.5, 0.6) is 17.2 Å². The van der Waals surface area contributed by atoms with E-state index in [-0.39, 0.29) is 0 Å². The van der Waals surface area contributed by atoms with Crippen molar-refractivity contribution in [1.82, 2.24) is 0 Å². The summed E-state index contributed by atoms with van der Waals surface area (Å²) in [5.74, 6) is 2.00. The second-order valence-electron chi connectivity index (χ2n) is 4.48. The highest BCUT2D eigenvalue weighted by Gasteiger charge is 2.07. The van der Waals surface area contributed by atoms with Gasteiger partial charge in [-0.05, 0) is 31.2 Å². The van der Waals surface area contributed by atoms with Gasteiger partial charge in [-0.25, -0.2) is 0 Å². The molecule has 5 heteroatoms. The van der Waals surface area contributed by atoms with Crippen molar-refractivity contribution in [1.29, 1.82) is 0 Å². The maximum absolute atomic E-state index is 6.04. The van der Waals surface area contributed by atoms with Crippen molar-refractivity contribution in [3.63, 3.8) is 0 Å². The molecule has 0 aromatic heterocycles. The Morgan fingerprint density at radius 1 is 0.773 bits per heavy atom. The second-order valence-corrected chi connectivity index (χ2v) is 5.30. The van der Waals surface area contributed by atoms with E-state index in [0.29, 0.717) is 42.0 Å². The molecule has 2 aromatic rings. The lowest BCUT2D eigenvalue weighted by Crippen LogP contribution is -2.06. The molecule has 0 unspecified atom stereocenters. The van der Waals surface area contributed by atoms with Crippen LogP contribution in [0.3, 0.4) is 0 Å². The van der Waals surface area contributed by atoms with Crippen molar-refractivity contribution in [2.75, 3.05) is 19.8 Å². The fourth-order valence-corrected chi connectivity index (χ4v) is 2.39. The minimum atomic E-state index is 0.472. The SMILES string of the molecule is CCOc1ccccc1OCCCOc1c(Cl)cccc1Cl. The van der Waals surface area contributed by atoms with Crippen LogP contribution in [0.2, 0.25) is 10.0 Å². The second kappa shape index (κ2) is 8.76. The highest BCUT2D eigenvalue weighted by Crippen LogP contribution is 2.32. The van der Waals surface area contributed by atoms with Crippen LogP contribution in [-0.2, 0) is 0 Å². The summed E-state index contributed by atoms with van der Waals surface area (Å²) in [4.78, 5) is 0. The first kappa shape index (κ1) is 16.8. The third kappa shape index (κ3) is 4.72. The molecule has 0 heterocycles. The smallest absolute Gasteiger partial charge is 0.161 e. The normalized spacial score (nSPS) is 10.3. The number of hydrogen-bond donors (Lipinski definition) is 0. The molecule has 0 saturated heterocycles. The van der Waals surface area contributed by atoms with Crippen LogP contribution in [0, 0.1) is 0 Å². The van der Waals surface area contributed by atoms with E-state index in [0.717, 1.165) is 11.5 Å². The van der Waals surface area contributed by atoms with E-state index in [1.165, 1.54) is 0 Å². The van der Waals surface area contributed by atoms with Gasteiger partial charge < -0.3 is 14.2 Å². The van der Waals surface area contributed by atoms with Gasteiger partial charge in [-0.1, -0.05) is 41.4 Å². The van der Waals surface area contributed by atoms with Gasteiger partial charge >= 0.3 is 0 Å². The van der Waals surface area contributed by atoms with Crippen molar-refractivity contribution < 1.29 is 14.2 Å². The molecule has 0 aliphatic carbocycles. The fourth-order valence-electron chi connectivity index (χ4n) is 1.88. The summed E-state index contributed by atoms with van der Waals surface area (Å²) in [6.07, 6.45) is 0.710. The lowest BCUT2D eigenvalue weighted by molar-refractivity contribution is 0.236. The van der Waals surface area contributed by atoms with Crippen LogP contribution in [0.1, 0.15) is 13.3 Å². The average Bonchev–Trinajstić information content (AvgIpc) is 2.51. The number of ether oxygens (including phenoxy) is 3. The average molecular weight is 341 g/mol. The summed E-state index contributed by atoms with van der Waals surface area (Å²) in [6, 6.07) is 12.9. The Balaban J connectivity index is 1.78. The Kier molecular flexibility index (Phi) is 6.69. The molecule has 0 amide bonds. The van der Waals surface area contributed by atoms with Crippen LogP contribution in [0.25, 0.3) is 0 Å². The van der Waals surface area contributed by atoms with E-state index >= 15 is 0 Å². The van der Waals surface area contributed by atoms with Crippen molar-refractivity contribution in [3.05, 3.63) is 52.5 Å². The number of para-hydroxylation sites is 3. The zero-order valence-electron chi connectivity index (χ0n) is 12.4. The highest BCUT2D eigenvalue weighted by molar-refractivity contribution is 6.37. The lowest BCUT2D eigenvalue weighted by Gasteiger charge is -2.12. The van der Waals surface area contributed by atoms with E-state index in [2.05, 4.69) is 0 Å². The summed E-state index contributed by atoms with van der Waals surface area (Å²) < 4.78 is 16.8. The lowest BCUT2D eigenvalue weighted by atomic mass is 10.3. The minimum Gasteiger partial charge on any atom is -0.490 e. The quantitative estimate of drug-likeness (QED) is 0.615. The van der Waals surface area contributed by atoms with Crippen LogP contribution in [0.15, 0.2) is 42.5 Å². The number of halogens is 2. The third-order valence-electron chi connectivity index (χ3n) is 2.86. The summed E-state index contributed by atoms with van der Waals surface area (Å²) in [7, 11) is 0. The molecular weight excluding hydrogens is 323 g/mol. The molecule has 0 radical (unpaired) electrons. The number of benzene rings is 2. The first-order valence-corrected chi connectivity index (χ1v) is 7.89. The van der Waals surface area contributed by atoms with Gasteiger partial charge in [0.2, 0.25) is 0 Å². The van der Waals surface area contributed by atoms with Gasteiger partial charge in [-0.3, -0.25) is 0 Å². The summed E-state index contributed by atoms with van der Waals surface area (Å²) >= 11 is 12.1. The van der Waals surface area contributed by atoms with Gasteiger partial charge in [-0.2, -0.15) is 0 Å². The predicted octanol–water partition coefficient (Wildman–Crippen LogP) is 5.24. The topological polar surface area (TPSA) is 27.7 Å². The molecule has 0 N–H and O–H groups in total. The highest BCUT2D eigenvalue weighted by atomic mass is 35.5. The predicted molar refractivity (Wildman–Crippen MR) is 89.7 cm³/mol. The zero-order chi connectivity index (χ0) is 15.8. The molecule has 0 atom stereocenters. The molecule has 2 aromatic carbocycles. The zero-order valence-corrected chi connectivity index (χ0v) is 13.9. The van der Waals surface area contributed by atoms with Crippen molar-refractivity contribution in [2.24, 2.45) is 0 Å². The molecule has 0 bridgehead atoms. The maximum atomic E-state index is 6.04. The first-order valence-electron chi connectivity index (χ1n) is 7.13. The molecule has 0 saturated carbocycles. The van der Waals surface area contributed by atoms with Gasteiger partial charge in [0, 0.05) is 6.42 Å². The monoisotopic (exact) mass is 340 g/mol. The first-order chi connectivity index (χ1) is 10.7. The van der Waals surface area contributed by atoms with E-state index in [9.17, 15) is 0 Å². The molecule has 118 valence electrons. The van der Waals surface area contributed by atoms with E-state index in [1.54, 1.807) is 18.2 Å². The maximum Gasteiger partial charge on any atom is 0.161 e. The van der Waals surface area contributed by atoms with Crippen molar-refractivity contribution in [3.8, 4) is 17.2 Å². The van der Waals surface area contributed by atoms with E-state index in [1.807, 2.05) is 31.2 Å².